The van der Waals surface area contributed by atoms with E-state index >= 15 is 0 Å². The van der Waals surface area contributed by atoms with Gasteiger partial charge >= 0.3 is 11.9 Å². The third kappa shape index (κ3) is 15.1. The largest absolute Gasteiger partial charge is 0.481 e. The molecule has 1 aromatic rings. The number of esters is 1. The van der Waals surface area contributed by atoms with Gasteiger partial charge < -0.3 is 9.84 Å². The van der Waals surface area contributed by atoms with Gasteiger partial charge in [0.25, 0.3) is 0 Å². The van der Waals surface area contributed by atoms with Gasteiger partial charge in [-0.1, -0.05) is 58.0 Å². The van der Waals surface area contributed by atoms with Gasteiger partial charge in [0.05, 0.1) is 0 Å². The number of carbonyl (C=O) groups excluding carboxylic acids is 1. The average molecular weight is 501 g/mol. The molecule has 2 unspecified atom stereocenters. The average Bonchev–Trinajstić information content (AvgIpc) is 2.77. The summed E-state index contributed by atoms with van der Waals surface area (Å²) in [4.78, 5) is 22.8. The van der Waals surface area contributed by atoms with Gasteiger partial charge in [-0.2, -0.15) is 0 Å². The zero-order valence-corrected chi connectivity index (χ0v) is 22.1. The van der Waals surface area contributed by atoms with E-state index in [1.807, 2.05) is 44.2 Å². The summed E-state index contributed by atoms with van der Waals surface area (Å²) in [6.07, 6.45) is 3.07. The third-order valence-corrected chi connectivity index (χ3v) is 8.71. The van der Waals surface area contributed by atoms with Crippen molar-refractivity contribution in [1.82, 2.24) is 0 Å². The van der Waals surface area contributed by atoms with Crippen LogP contribution in [0, 0.1) is 10.8 Å². The van der Waals surface area contributed by atoms with E-state index in [0.29, 0.717) is 48.7 Å². The first-order chi connectivity index (χ1) is 15.4. The van der Waals surface area contributed by atoms with Crippen LogP contribution in [-0.4, -0.2) is 48.5 Å². The Morgan fingerprint density at radius 3 is 1.76 bits per heavy atom. The van der Waals surface area contributed by atoms with Crippen LogP contribution < -0.4 is 0 Å². The zero-order chi connectivity index (χ0) is 24.9. The van der Waals surface area contributed by atoms with Crippen LogP contribution in [0.25, 0.3) is 0 Å². The van der Waals surface area contributed by atoms with Gasteiger partial charge in [-0.15, -0.1) is 0 Å². The second-order valence-corrected chi connectivity index (χ2v) is 13.5. The Labute approximate surface area is 203 Å². The smallest absolute Gasteiger partial charge is 0.306 e. The summed E-state index contributed by atoms with van der Waals surface area (Å²) in [6, 6.07) is 9.57. The molecule has 6 nitrogen and oxygen atoms in total. The molecule has 0 bridgehead atoms. The summed E-state index contributed by atoms with van der Waals surface area (Å²) in [5.74, 6) is 0.778. The molecule has 33 heavy (non-hydrogen) atoms. The van der Waals surface area contributed by atoms with E-state index in [0.717, 1.165) is 12.0 Å². The molecule has 0 radical (unpaired) electrons. The molecule has 0 aromatic heterocycles. The Morgan fingerprint density at radius 2 is 1.27 bits per heavy atom. The van der Waals surface area contributed by atoms with E-state index in [1.54, 1.807) is 0 Å². The predicted molar refractivity (Wildman–Crippen MR) is 135 cm³/mol. The first kappa shape index (κ1) is 29.5. The van der Waals surface area contributed by atoms with E-state index in [1.165, 1.54) is 0 Å². The number of carboxylic acids is 1. The molecule has 0 spiro atoms. The Kier molecular flexibility index (Phi) is 13.1. The highest BCUT2D eigenvalue weighted by molar-refractivity contribution is 7.88. The molecule has 0 amide bonds. The minimum atomic E-state index is -1.06. The lowest BCUT2D eigenvalue weighted by Crippen LogP contribution is -2.21. The van der Waals surface area contributed by atoms with Crippen LogP contribution in [0.1, 0.15) is 71.8 Å². The van der Waals surface area contributed by atoms with Crippen molar-refractivity contribution < 1.29 is 27.9 Å². The Hall–Kier alpha value is -1.54. The molecule has 1 aromatic carbocycles. The molecule has 2 atom stereocenters. The normalized spacial score (nSPS) is 13.9. The van der Waals surface area contributed by atoms with Crippen LogP contribution in [0.4, 0.5) is 0 Å². The lowest BCUT2D eigenvalue weighted by Gasteiger charge is -2.24. The van der Waals surface area contributed by atoms with Crippen LogP contribution >= 0.6 is 0 Å². The summed E-state index contributed by atoms with van der Waals surface area (Å²) in [5, 5.41) is 8.82. The number of hydrogen-bond donors (Lipinski definition) is 1. The van der Waals surface area contributed by atoms with Gasteiger partial charge in [-0.3, -0.25) is 18.0 Å². The monoisotopic (exact) mass is 500 g/mol. The van der Waals surface area contributed by atoms with Crippen molar-refractivity contribution in [2.45, 2.75) is 72.8 Å². The van der Waals surface area contributed by atoms with E-state index in [2.05, 4.69) is 13.8 Å². The van der Waals surface area contributed by atoms with Crippen molar-refractivity contribution in [2.24, 2.45) is 10.8 Å². The minimum Gasteiger partial charge on any atom is -0.481 e. The van der Waals surface area contributed by atoms with E-state index in [9.17, 15) is 18.0 Å². The molecular weight excluding hydrogens is 460 g/mol. The second kappa shape index (κ2) is 14.7. The molecule has 0 saturated carbocycles. The number of benzene rings is 1. The highest BCUT2D eigenvalue weighted by Gasteiger charge is 2.22. The van der Waals surface area contributed by atoms with Crippen molar-refractivity contribution in [1.29, 1.82) is 0 Å². The van der Waals surface area contributed by atoms with Gasteiger partial charge in [0.15, 0.2) is 0 Å². The fourth-order valence-corrected chi connectivity index (χ4v) is 6.57. The van der Waals surface area contributed by atoms with Crippen molar-refractivity contribution >= 4 is 33.5 Å². The quantitative estimate of drug-likeness (QED) is 0.311. The fraction of sp³-hybridized carbons (Fsp3) is 0.680. The molecule has 1 rings (SSSR count). The molecular formula is C25H40O6S2. The van der Waals surface area contributed by atoms with Crippen LogP contribution in [0.15, 0.2) is 30.3 Å². The number of carboxylic acid groups (broad SMARTS) is 1. The van der Waals surface area contributed by atoms with E-state index in [4.69, 9.17) is 9.84 Å². The zero-order valence-electron chi connectivity index (χ0n) is 20.5. The lowest BCUT2D eigenvalue weighted by atomic mass is 9.85. The van der Waals surface area contributed by atoms with Gasteiger partial charge in [0.1, 0.15) is 6.61 Å². The minimum absolute atomic E-state index is 0.115. The summed E-state index contributed by atoms with van der Waals surface area (Å²) in [6.45, 7) is 8.38. The summed E-state index contributed by atoms with van der Waals surface area (Å²) >= 11 is 0. The van der Waals surface area contributed by atoms with Crippen LogP contribution in [0.2, 0.25) is 0 Å². The summed E-state index contributed by atoms with van der Waals surface area (Å²) < 4.78 is 30.0. The molecule has 188 valence electrons. The molecule has 0 aliphatic carbocycles. The first-order valence-electron chi connectivity index (χ1n) is 11.5. The highest BCUT2D eigenvalue weighted by atomic mass is 32.2. The van der Waals surface area contributed by atoms with E-state index in [-0.39, 0.29) is 29.8 Å². The maximum Gasteiger partial charge on any atom is 0.306 e. The van der Waals surface area contributed by atoms with Gasteiger partial charge in [0.2, 0.25) is 0 Å². The molecule has 0 fully saturated rings. The van der Waals surface area contributed by atoms with Crippen molar-refractivity contribution in [3.8, 4) is 0 Å². The highest BCUT2D eigenvalue weighted by Crippen LogP contribution is 2.28. The predicted octanol–water partition coefficient (Wildman–Crippen LogP) is 4.70. The molecule has 1 N–H and O–H groups in total. The second-order valence-electron chi connectivity index (χ2n) is 10.1. The van der Waals surface area contributed by atoms with Crippen LogP contribution in [-0.2, 0) is 42.5 Å². The SMILES string of the molecule is CC(C)(CCC(=O)O)CCS(=O)CCS(=O)CCC(C)(C)CCC(=O)OCc1ccccc1. The summed E-state index contributed by atoms with van der Waals surface area (Å²) in [7, 11) is -2.11. The third-order valence-electron chi connectivity index (χ3n) is 5.82. The topological polar surface area (TPSA) is 97.7 Å². The maximum atomic E-state index is 12.4. The van der Waals surface area contributed by atoms with E-state index < -0.39 is 27.6 Å². The van der Waals surface area contributed by atoms with Crippen LogP contribution in [0.3, 0.4) is 0 Å². The molecule has 8 heteroatoms. The molecule has 0 aliphatic heterocycles. The van der Waals surface area contributed by atoms with Gasteiger partial charge in [-0.25, -0.2) is 0 Å². The summed E-state index contributed by atoms with van der Waals surface area (Å²) in [5.41, 5.74) is 0.663. The van der Waals surface area contributed by atoms with Crippen molar-refractivity contribution in [3.63, 3.8) is 0 Å². The number of ether oxygens (including phenoxy) is 1. The lowest BCUT2D eigenvalue weighted by molar-refractivity contribution is -0.145. The molecule has 0 aliphatic rings. The van der Waals surface area contributed by atoms with Crippen molar-refractivity contribution in [2.75, 3.05) is 23.0 Å². The van der Waals surface area contributed by atoms with Gasteiger partial charge in [0, 0.05) is 57.5 Å². The van der Waals surface area contributed by atoms with Gasteiger partial charge in [-0.05, 0) is 42.1 Å². The first-order valence-corrected chi connectivity index (χ1v) is 14.5. The number of aliphatic carboxylic acids is 1. The van der Waals surface area contributed by atoms with Crippen molar-refractivity contribution in [3.05, 3.63) is 35.9 Å². The Balaban J connectivity index is 2.23. The molecule has 0 heterocycles. The standard InChI is InChI=1S/C25H40O6S2/c1-24(2,12-10-22(26)27)14-16-32(29)18-19-33(30)17-15-25(3,4)13-11-23(28)31-20-21-8-6-5-7-9-21/h5-9H,10-20H2,1-4H3,(H,26,27). The fourth-order valence-electron chi connectivity index (χ4n) is 3.12. The Morgan fingerprint density at radius 1 is 0.788 bits per heavy atom. The van der Waals surface area contributed by atoms with Crippen LogP contribution in [0.5, 0.6) is 0 Å². The number of rotatable bonds is 17. The maximum absolute atomic E-state index is 12.4. The number of carbonyl (C=O) groups is 2. The Bertz CT molecular complexity index is 789. The number of hydrogen-bond acceptors (Lipinski definition) is 5. The molecule has 0 saturated heterocycles.